The molecule has 0 bridgehead atoms. The number of rotatable bonds is 4. The maximum atomic E-state index is 14.0. The van der Waals surface area contributed by atoms with Crippen LogP contribution in [0.4, 0.5) is 8.78 Å². The molecule has 0 aliphatic carbocycles. The third-order valence-corrected chi connectivity index (χ3v) is 3.94. The van der Waals surface area contributed by atoms with Crippen molar-refractivity contribution in [1.29, 1.82) is 0 Å². The van der Waals surface area contributed by atoms with Crippen molar-refractivity contribution >= 4 is 11.9 Å². The number of hydrogen-bond acceptors (Lipinski definition) is 6. The van der Waals surface area contributed by atoms with Crippen LogP contribution in [0.25, 0.3) is 11.1 Å². The van der Waals surface area contributed by atoms with Crippen LogP contribution in [0.5, 0.6) is 23.0 Å². The van der Waals surface area contributed by atoms with Gasteiger partial charge in [0.25, 0.3) is 0 Å². The van der Waals surface area contributed by atoms with Crippen molar-refractivity contribution < 1.29 is 43.5 Å². The molecule has 7 nitrogen and oxygen atoms in total. The fourth-order valence-electron chi connectivity index (χ4n) is 2.63. The molecule has 3 aromatic carbocycles. The Labute approximate surface area is 161 Å². The number of hydrogen-bond donors (Lipinski definition) is 4. The molecule has 0 unspecified atom stereocenters. The predicted molar refractivity (Wildman–Crippen MR) is 95.1 cm³/mol. The van der Waals surface area contributed by atoms with Gasteiger partial charge in [0, 0.05) is 23.8 Å². The Kier molecular flexibility index (Phi) is 5.05. The monoisotopic (exact) mass is 402 g/mol. The second-order valence-electron chi connectivity index (χ2n) is 5.89. The van der Waals surface area contributed by atoms with Crippen LogP contribution >= 0.6 is 0 Å². The van der Waals surface area contributed by atoms with E-state index in [1.807, 2.05) is 0 Å². The van der Waals surface area contributed by atoms with Crippen LogP contribution in [-0.2, 0) is 0 Å². The Bertz CT molecular complexity index is 1120. The van der Waals surface area contributed by atoms with Gasteiger partial charge in [0.15, 0.2) is 0 Å². The van der Waals surface area contributed by atoms with Gasteiger partial charge in [-0.15, -0.1) is 0 Å². The Morgan fingerprint density at radius 3 is 2.10 bits per heavy atom. The second-order valence-corrected chi connectivity index (χ2v) is 5.89. The number of halogens is 2. The zero-order valence-corrected chi connectivity index (χ0v) is 14.4. The van der Waals surface area contributed by atoms with Gasteiger partial charge in [0.1, 0.15) is 45.8 Å². The maximum Gasteiger partial charge on any atom is 0.351 e. The molecule has 0 radical (unpaired) electrons. The number of phenols is 3. The molecule has 0 saturated carbocycles. The molecule has 0 aromatic heterocycles. The van der Waals surface area contributed by atoms with Crippen LogP contribution in [-0.4, -0.2) is 32.4 Å². The average Bonchev–Trinajstić information content (AvgIpc) is 2.61. The van der Waals surface area contributed by atoms with E-state index in [9.17, 15) is 38.8 Å². The summed E-state index contributed by atoms with van der Waals surface area (Å²) in [6.07, 6.45) is 0. The molecule has 0 aliphatic rings. The fraction of sp³-hybridized carbons (Fsp3) is 0. The van der Waals surface area contributed by atoms with Crippen molar-refractivity contribution in [2.24, 2.45) is 0 Å². The van der Waals surface area contributed by atoms with Crippen molar-refractivity contribution in [2.45, 2.75) is 0 Å². The summed E-state index contributed by atoms with van der Waals surface area (Å²) in [5.74, 6) is -7.02. The predicted octanol–water partition coefficient (Wildman–Crippen LogP) is 3.67. The molecule has 4 N–H and O–H groups in total. The summed E-state index contributed by atoms with van der Waals surface area (Å²) < 4.78 is 32.0. The summed E-state index contributed by atoms with van der Waals surface area (Å²) in [7, 11) is 0. The molecule has 29 heavy (non-hydrogen) atoms. The van der Waals surface area contributed by atoms with E-state index in [-0.39, 0.29) is 11.1 Å². The van der Waals surface area contributed by atoms with Gasteiger partial charge >= 0.3 is 11.9 Å². The molecule has 3 rings (SSSR count). The Balaban J connectivity index is 2.00. The first-order valence-electron chi connectivity index (χ1n) is 7.97. The summed E-state index contributed by atoms with van der Waals surface area (Å²) in [6.45, 7) is 0. The highest BCUT2D eigenvalue weighted by molar-refractivity contribution is 5.99. The summed E-state index contributed by atoms with van der Waals surface area (Å²) in [5.41, 5.74) is -1.18. The smallest absolute Gasteiger partial charge is 0.351 e. The minimum absolute atomic E-state index is 0.0689. The van der Waals surface area contributed by atoms with Gasteiger partial charge in [0.05, 0.1) is 0 Å². The van der Waals surface area contributed by atoms with Gasteiger partial charge in [-0.05, 0) is 29.8 Å². The number of aromatic hydroxyl groups is 3. The number of aromatic carboxylic acids is 1. The zero-order valence-electron chi connectivity index (χ0n) is 14.4. The van der Waals surface area contributed by atoms with Crippen LogP contribution in [0.3, 0.4) is 0 Å². The normalized spacial score (nSPS) is 10.6. The molecule has 9 heteroatoms. The largest absolute Gasteiger partial charge is 0.508 e. The van der Waals surface area contributed by atoms with Gasteiger partial charge in [0.2, 0.25) is 0 Å². The molecular formula is C20H12F2O7. The van der Waals surface area contributed by atoms with Crippen molar-refractivity contribution in [2.75, 3.05) is 0 Å². The van der Waals surface area contributed by atoms with Gasteiger partial charge < -0.3 is 25.2 Å². The summed E-state index contributed by atoms with van der Waals surface area (Å²) in [4.78, 5) is 23.8. The highest BCUT2D eigenvalue weighted by Gasteiger charge is 2.23. The number of ether oxygens (including phenoxy) is 1. The van der Waals surface area contributed by atoms with Crippen molar-refractivity contribution in [1.82, 2.24) is 0 Å². The third-order valence-electron chi connectivity index (χ3n) is 3.94. The fourth-order valence-corrected chi connectivity index (χ4v) is 2.63. The molecule has 0 saturated heterocycles. The van der Waals surface area contributed by atoms with E-state index in [2.05, 4.69) is 0 Å². The van der Waals surface area contributed by atoms with E-state index in [1.54, 1.807) is 0 Å². The number of carbonyl (C=O) groups is 2. The van der Waals surface area contributed by atoms with E-state index in [0.29, 0.717) is 6.07 Å². The summed E-state index contributed by atoms with van der Waals surface area (Å²) in [5, 5.41) is 38.2. The van der Waals surface area contributed by atoms with Crippen molar-refractivity contribution in [3.8, 4) is 34.1 Å². The minimum Gasteiger partial charge on any atom is -0.508 e. The summed E-state index contributed by atoms with van der Waals surface area (Å²) >= 11 is 0. The molecule has 0 fully saturated rings. The topological polar surface area (TPSA) is 124 Å². The SMILES string of the molecule is O=C(O)c1cc(-c2ccc(F)cc2F)ccc1OC(=O)c1c(O)cc(O)cc1O. The minimum atomic E-state index is -1.50. The van der Waals surface area contributed by atoms with Gasteiger partial charge in [-0.1, -0.05) is 6.07 Å². The van der Waals surface area contributed by atoms with Crippen molar-refractivity contribution in [3.63, 3.8) is 0 Å². The van der Waals surface area contributed by atoms with E-state index in [1.165, 1.54) is 6.07 Å². The third kappa shape index (κ3) is 3.93. The lowest BCUT2D eigenvalue weighted by Crippen LogP contribution is -2.12. The first-order chi connectivity index (χ1) is 13.7. The van der Waals surface area contributed by atoms with Crippen LogP contribution in [0.15, 0.2) is 48.5 Å². The van der Waals surface area contributed by atoms with Crippen LogP contribution < -0.4 is 4.74 Å². The molecule has 0 heterocycles. The van der Waals surface area contributed by atoms with Crippen LogP contribution in [0, 0.1) is 11.6 Å². The zero-order chi connectivity index (χ0) is 21.3. The van der Waals surface area contributed by atoms with E-state index >= 15 is 0 Å². The Morgan fingerprint density at radius 1 is 0.862 bits per heavy atom. The first-order valence-corrected chi connectivity index (χ1v) is 7.97. The average molecular weight is 402 g/mol. The molecule has 0 aliphatic heterocycles. The van der Waals surface area contributed by atoms with Crippen LogP contribution in [0.2, 0.25) is 0 Å². The Hall–Kier alpha value is -4.14. The standard InChI is InChI=1S/C20H12F2O7/c21-10-2-3-12(14(22)6-10)9-1-4-17(13(5-9)19(26)27)29-20(28)18-15(24)7-11(23)8-16(18)25/h1-8,23-25H,(H,26,27). The first kappa shape index (κ1) is 19.6. The summed E-state index contributed by atoms with van der Waals surface area (Å²) in [6, 6.07) is 7.70. The van der Waals surface area contributed by atoms with E-state index in [4.69, 9.17) is 4.74 Å². The highest BCUT2D eigenvalue weighted by Crippen LogP contribution is 2.34. The Morgan fingerprint density at radius 2 is 1.52 bits per heavy atom. The molecule has 3 aromatic rings. The lowest BCUT2D eigenvalue weighted by atomic mass is 10.0. The number of phenolic OH excluding ortho intramolecular Hbond substituents is 3. The van der Waals surface area contributed by atoms with E-state index < -0.39 is 57.7 Å². The van der Waals surface area contributed by atoms with Crippen LogP contribution in [0.1, 0.15) is 20.7 Å². The molecule has 0 spiro atoms. The van der Waals surface area contributed by atoms with Gasteiger partial charge in [-0.3, -0.25) is 0 Å². The lowest BCUT2D eigenvalue weighted by molar-refractivity contribution is 0.0680. The number of esters is 1. The highest BCUT2D eigenvalue weighted by atomic mass is 19.1. The second kappa shape index (κ2) is 7.47. The quantitative estimate of drug-likeness (QED) is 0.388. The van der Waals surface area contributed by atoms with Gasteiger partial charge in [-0.2, -0.15) is 0 Å². The molecular weight excluding hydrogens is 390 g/mol. The maximum absolute atomic E-state index is 14.0. The lowest BCUT2D eigenvalue weighted by Gasteiger charge is -2.12. The number of carboxylic acid groups (broad SMARTS) is 1. The molecule has 0 atom stereocenters. The molecule has 148 valence electrons. The number of benzene rings is 3. The molecule has 0 amide bonds. The van der Waals surface area contributed by atoms with Crippen molar-refractivity contribution in [3.05, 3.63) is 71.3 Å². The number of carboxylic acids is 1. The number of carbonyl (C=O) groups excluding carboxylic acids is 1. The van der Waals surface area contributed by atoms with Gasteiger partial charge in [-0.25, -0.2) is 18.4 Å². The van der Waals surface area contributed by atoms with E-state index in [0.717, 1.165) is 36.4 Å².